The Kier molecular flexibility index (Phi) is 3.74. The van der Waals surface area contributed by atoms with Crippen molar-refractivity contribution in [2.45, 2.75) is 13.0 Å². The van der Waals surface area contributed by atoms with Crippen LogP contribution in [0.4, 0.5) is 0 Å². The zero-order valence-electron chi connectivity index (χ0n) is 9.52. The molecule has 4 heteroatoms. The Morgan fingerprint density at radius 1 is 1.69 bits per heavy atom. The third-order valence-corrected chi connectivity index (χ3v) is 3.84. The highest BCUT2D eigenvalue weighted by molar-refractivity contribution is 7.09. The molecule has 3 nitrogen and oxygen atoms in total. The molecule has 16 heavy (non-hydrogen) atoms. The molecule has 1 aliphatic heterocycles. The summed E-state index contributed by atoms with van der Waals surface area (Å²) in [6.45, 7) is 2.98. The number of ether oxygens (including phenoxy) is 1. The maximum atomic E-state index is 11.2. The van der Waals surface area contributed by atoms with E-state index in [1.807, 2.05) is 0 Å². The molecule has 2 heterocycles. The van der Waals surface area contributed by atoms with Crippen LogP contribution in [0.2, 0.25) is 0 Å². The minimum absolute atomic E-state index is 0.272. The third kappa shape index (κ3) is 2.70. The quantitative estimate of drug-likeness (QED) is 0.734. The van der Waals surface area contributed by atoms with Gasteiger partial charge in [-0.2, -0.15) is 0 Å². The van der Waals surface area contributed by atoms with Crippen LogP contribution < -0.4 is 0 Å². The molecule has 0 radical (unpaired) electrons. The summed E-state index contributed by atoms with van der Waals surface area (Å²) in [4.78, 5) is 14.7. The Morgan fingerprint density at radius 2 is 2.56 bits per heavy atom. The summed E-state index contributed by atoms with van der Waals surface area (Å²) in [5.74, 6) is 0. The van der Waals surface area contributed by atoms with E-state index in [9.17, 15) is 4.79 Å². The maximum Gasteiger partial charge on any atom is 0.129 e. The molecular formula is C12H17NO2S. The molecule has 0 aliphatic carbocycles. The van der Waals surface area contributed by atoms with Crippen molar-refractivity contribution in [1.29, 1.82) is 0 Å². The summed E-state index contributed by atoms with van der Waals surface area (Å²) in [5.41, 5.74) is -0.272. The average Bonchev–Trinajstić information content (AvgIpc) is 2.90. The van der Waals surface area contributed by atoms with Gasteiger partial charge in [0, 0.05) is 24.6 Å². The smallest absolute Gasteiger partial charge is 0.129 e. The first-order valence-electron chi connectivity index (χ1n) is 5.49. The Hall–Kier alpha value is -0.710. The molecule has 1 aromatic heterocycles. The van der Waals surface area contributed by atoms with E-state index in [2.05, 4.69) is 29.5 Å². The molecule has 0 bridgehead atoms. The van der Waals surface area contributed by atoms with Gasteiger partial charge in [-0.3, -0.25) is 0 Å². The van der Waals surface area contributed by atoms with Crippen LogP contribution >= 0.6 is 11.3 Å². The van der Waals surface area contributed by atoms with E-state index in [1.165, 1.54) is 4.88 Å². The Balaban J connectivity index is 1.90. The van der Waals surface area contributed by atoms with Crippen LogP contribution in [-0.4, -0.2) is 38.0 Å². The molecule has 1 aliphatic rings. The Labute approximate surface area is 100 Å². The molecule has 1 aromatic rings. The van der Waals surface area contributed by atoms with E-state index in [0.29, 0.717) is 13.2 Å². The number of aldehydes is 1. The van der Waals surface area contributed by atoms with Crippen LogP contribution in [0.1, 0.15) is 11.3 Å². The van der Waals surface area contributed by atoms with Crippen LogP contribution in [0.25, 0.3) is 0 Å². The lowest BCUT2D eigenvalue weighted by molar-refractivity contribution is -0.117. The third-order valence-electron chi connectivity index (χ3n) is 2.97. The van der Waals surface area contributed by atoms with Gasteiger partial charge < -0.3 is 14.4 Å². The van der Waals surface area contributed by atoms with Gasteiger partial charge in [0.05, 0.1) is 12.0 Å². The van der Waals surface area contributed by atoms with Crippen molar-refractivity contribution in [3.63, 3.8) is 0 Å². The lowest BCUT2D eigenvalue weighted by Crippen LogP contribution is -2.37. The Morgan fingerprint density at radius 3 is 3.12 bits per heavy atom. The number of hydrogen-bond acceptors (Lipinski definition) is 4. The molecule has 1 unspecified atom stereocenters. The number of carbonyl (C=O) groups excluding carboxylic acids is 1. The summed E-state index contributed by atoms with van der Waals surface area (Å²) >= 11 is 1.75. The number of thiophene rings is 1. The van der Waals surface area contributed by atoms with Gasteiger partial charge in [0.2, 0.25) is 0 Å². The van der Waals surface area contributed by atoms with Gasteiger partial charge in [0.15, 0.2) is 0 Å². The topological polar surface area (TPSA) is 29.5 Å². The van der Waals surface area contributed by atoms with Gasteiger partial charge in [0.1, 0.15) is 6.29 Å². The number of rotatable bonds is 5. The predicted octanol–water partition coefficient (Wildman–Crippen LogP) is 1.79. The zero-order chi connectivity index (χ0) is 11.4. The monoisotopic (exact) mass is 239 g/mol. The minimum atomic E-state index is -0.272. The van der Waals surface area contributed by atoms with Gasteiger partial charge in [0.25, 0.3) is 0 Å². The van der Waals surface area contributed by atoms with Crippen LogP contribution in [0, 0.1) is 5.41 Å². The van der Waals surface area contributed by atoms with Gasteiger partial charge in [-0.25, -0.2) is 0 Å². The molecule has 0 saturated carbocycles. The molecule has 1 saturated heterocycles. The van der Waals surface area contributed by atoms with E-state index >= 15 is 0 Å². The molecule has 1 atom stereocenters. The minimum Gasteiger partial charge on any atom is -0.380 e. The fraction of sp³-hybridized carbons (Fsp3) is 0.583. The van der Waals surface area contributed by atoms with Gasteiger partial charge >= 0.3 is 0 Å². The van der Waals surface area contributed by atoms with Gasteiger partial charge in [-0.1, -0.05) is 6.07 Å². The standard InChI is InChI=1S/C12H17NO2S/c1-13(7-11-3-2-6-16-11)8-12(9-14)4-5-15-10-12/h2-3,6,9H,4-5,7-8,10H2,1H3. The first kappa shape index (κ1) is 11.8. The fourth-order valence-corrected chi connectivity index (χ4v) is 2.92. The first-order chi connectivity index (χ1) is 7.74. The van der Waals surface area contributed by atoms with E-state index in [-0.39, 0.29) is 5.41 Å². The number of hydrogen-bond donors (Lipinski definition) is 0. The van der Waals surface area contributed by atoms with Crippen LogP contribution in [0.3, 0.4) is 0 Å². The van der Waals surface area contributed by atoms with E-state index in [0.717, 1.165) is 25.8 Å². The molecule has 0 aromatic carbocycles. The van der Waals surface area contributed by atoms with Crippen molar-refractivity contribution >= 4 is 17.6 Å². The summed E-state index contributed by atoms with van der Waals surface area (Å²) in [7, 11) is 2.06. The Bertz CT molecular complexity index is 331. The highest BCUT2D eigenvalue weighted by Gasteiger charge is 2.35. The van der Waals surface area contributed by atoms with Gasteiger partial charge in [-0.15, -0.1) is 11.3 Å². The van der Waals surface area contributed by atoms with E-state index in [4.69, 9.17) is 4.74 Å². The molecule has 2 rings (SSSR count). The van der Waals surface area contributed by atoms with Crippen LogP contribution in [-0.2, 0) is 16.1 Å². The van der Waals surface area contributed by atoms with Crippen molar-refractivity contribution in [1.82, 2.24) is 4.90 Å². The normalized spacial score (nSPS) is 25.1. The molecule has 0 amide bonds. The predicted molar refractivity (Wildman–Crippen MR) is 64.6 cm³/mol. The number of nitrogens with zero attached hydrogens (tertiary/aromatic N) is 1. The zero-order valence-corrected chi connectivity index (χ0v) is 10.3. The first-order valence-corrected chi connectivity index (χ1v) is 6.37. The average molecular weight is 239 g/mol. The largest absolute Gasteiger partial charge is 0.380 e. The SMILES string of the molecule is CN(Cc1cccs1)CC1(C=O)CCOC1. The molecular weight excluding hydrogens is 222 g/mol. The van der Waals surface area contributed by atoms with E-state index < -0.39 is 0 Å². The highest BCUT2D eigenvalue weighted by atomic mass is 32.1. The van der Waals surface area contributed by atoms with Crippen molar-refractivity contribution in [2.75, 3.05) is 26.8 Å². The molecule has 88 valence electrons. The number of carbonyl (C=O) groups is 1. The summed E-state index contributed by atoms with van der Waals surface area (Å²) < 4.78 is 5.33. The lowest BCUT2D eigenvalue weighted by atomic mass is 9.89. The lowest BCUT2D eigenvalue weighted by Gasteiger charge is -2.26. The highest BCUT2D eigenvalue weighted by Crippen LogP contribution is 2.27. The summed E-state index contributed by atoms with van der Waals surface area (Å²) in [6.07, 6.45) is 1.93. The van der Waals surface area contributed by atoms with Crippen molar-refractivity contribution < 1.29 is 9.53 Å². The maximum absolute atomic E-state index is 11.2. The van der Waals surface area contributed by atoms with Crippen LogP contribution in [0.5, 0.6) is 0 Å². The van der Waals surface area contributed by atoms with Gasteiger partial charge in [-0.05, 0) is 24.9 Å². The fourth-order valence-electron chi connectivity index (χ4n) is 2.14. The molecule has 1 fully saturated rings. The summed E-state index contributed by atoms with van der Waals surface area (Å²) in [6, 6.07) is 4.18. The van der Waals surface area contributed by atoms with E-state index in [1.54, 1.807) is 11.3 Å². The second kappa shape index (κ2) is 5.08. The summed E-state index contributed by atoms with van der Waals surface area (Å²) in [5, 5.41) is 2.08. The van der Waals surface area contributed by atoms with Crippen molar-refractivity contribution in [3.8, 4) is 0 Å². The second-order valence-corrected chi connectivity index (χ2v) is 5.57. The van der Waals surface area contributed by atoms with Crippen molar-refractivity contribution in [2.24, 2.45) is 5.41 Å². The molecule has 0 spiro atoms. The van der Waals surface area contributed by atoms with Crippen molar-refractivity contribution in [3.05, 3.63) is 22.4 Å². The van der Waals surface area contributed by atoms with Crippen LogP contribution in [0.15, 0.2) is 17.5 Å². The second-order valence-electron chi connectivity index (χ2n) is 4.53. The molecule has 0 N–H and O–H groups in total.